The summed E-state index contributed by atoms with van der Waals surface area (Å²) in [5.74, 6) is 0. The van der Waals surface area contributed by atoms with Crippen LogP contribution in [-0.4, -0.2) is 56.5 Å². The molecule has 76 valence electrons. The van der Waals surface area contributed by atoms with Crippen LogP contribution in [0.5, 0.6) is 0 Å². The summed E-state index contributed by atoms with van der Waals surface area (Å²) in [4.78, 5) is 0. The van der Waals surface area contributed by atoms with Gasteiger partial charge in [0.1, 0.15) is 6.10 Å². The Morgan fingerprint density at radius 1 is 1.31 bits per heavy atom. The minimum absolute atomic E-state index is 0.199. The normalized spacial score (nSPS) is 38.3. The molecule has 0 bridgehead atoms. The second-order valence-electron chi connectivity index (χ2n) is 3.46. The van der Waals surface area contributed by atoms with E-state index in [9.17, 15) is 5.11 Å². The summed E-state index contributed by atoms with van der Waals surface area (Å²) >= 11 is 0. The number of aliphatic hydroxyl groups is 1. The van der Waals surface area contributed by atoms with Gasteiger partial charge in [-0.1, -0.05) is 0 Å². The monoisotopic (exact) mass is 189 g/mol. The van der Waals surface area contributed by atoms with E-state index >= 15 is 0 Å². The lowest BCUT2D eigenvalue weighted by molar-refractivity contribution is 0.0693. The molecule has 2 aliphatic rings. The molecule has 5 heteroatoms. The van der Waals surface area contributed by atoms with Crippen molar-refractivity contribution in [3.63, 3.8) is 0 Å². The van der Waals surface area contributed by atoms with Crippen molar-refractivity contribution in [1.82, 2.24) is 5.32 Å². The van der Waals surface area contributed by atoms with Crippen molar-refractivity contribution in [3.8, 4) is 0 Å². The van der Waals surface area contributed by atoms with Gasteiger partial charge in [0.05, 0.1) is 32.0 Å². The Balaban J connectivity index is 2.03. The van der Waals surface area contributed by atoms with Gasteiger partial charge in [0.25, 0.3) is 0 Å². The van der Waals surface area contributed by atoms with Crippen LogP contribution in [0.1, 0.15) is 0 Å². The van der Waals surface area contributed by atoms with Crippen LogP contribution in [0.2, 0.25) is 0 Å². The highest BCUT2D eigenvalue weighted by Crippen LogP contribution is 2.32. The van der Waals surface area contributed by atoms with Gasteiger partial charge < -0.3 is 24.6 Å². The molecule has 0 aromatic heterocycles. The van der Waals surface area contributed by atoms with E-state index in [2.05, 4.69) is 5.32 Å². The van der Waals surface area contributed by atoms with Crippen molar-refractivity contribution in [2.24, 2.45) is 0 Å². The molecule has 2 aliphatic heterocycles. The summed E-state index contributed by atoms with van der Waals surface area (Å²) < 4.78 is 15.8. The molecule has 5 nitrogen and oxygen atoms in total. The van der Waals surface area contributed by atoms with Crippen LogP contribution in [0.4, 0.5) is 0 Å². The Morgan fingerprint density at radius 3 is 2.23 bits per heavy atom. The molecule has 13 heavy (non-hydrogen) atoms. The first-order chi connectivity index (χ1) is 6.28. The summed E-state index contributed by atoms with van der Waals surface area (Å²) in [5.41, 5.74) is -0.379. The van der Waals surface area contributed by atoms with Crippen LogP contribution in [0.15, 0.2) is 0 Å². The molecule has 0 saturated carbocycles. The van der Waals surface area contributed by atoms with E-state index in [0.29, 0.717) is 26.4 Å². The summed E-state index contributed by atoms with van der Waals surface area (Å²) in [6.45, 7) is 2.24. The van der Waals surface area contributed by atoms with Crippen molar-refractivity contribution in [2.45, 2.75) is 17.9 Å². The molecule has 0 spiro atoms. The molecule has 2 N–H and O–H groups in total. The highest BCUT2D eigenvalue weighted by molar-refractivity contribution is 5.03. The lowest BCUT2D eigenvalue weighted by atomic mass is 9.97. The van der Waals surface area contributed by atoms with E-state index in [0.717, 1.165) is 0 Å². The molecule has 2 rings (SSSR count). The number of ether oxygens (including phenoxy) is 3. The first-order valence-electron chi connectivity index (χ1n) is 4.46. The average molecular weight is 189 g/mol. The standard InChI is InChI=1S/C8H15NO4/c1-9-8(6-7(10)13-6)4-11-2-3-12-5-8/h6-7,9-10H,2-5H2,1H3. The molecule has 2 unspecified atom stereocenters. The Kier molecular flexibility index (Phi) is 2.53. The number of hydrogen-bond donors (Lipinski definition) is 2. The van der Waals surface area contributed by atoms with E-state index in [1.165, 1.54) is 0 Å². The predicted octanol–water partition coefficient (Wildman–Crippen LogP) is -1.29. The van der Waals surface area contributed by atoms with E-state index in [1.807, 2.05) is 7.05 Å². The van der Waals surface area contributed by atoms with E-state index in [1.54, 1.807) is 0 Å². The summed E-state index contributed by atoms with van der Waals surface area (Å²) in [6, 6.07) is 0. The van der Waals surface area contributed by atoms with Crippen molar-refractivity contribution in [3.05, 3.63) is 0 Å². The van der Waals surface area contributed by atoms with Gasteiger partial charge in [0, 0.05) is 0 Å². The fourth-order valence-corrected chi connectivity index (χ4v) is 1.63. The average Bonchev–Trinajstić information content (AvgIpc) is 2.88. The lowest BCUT2D eigenvalue weighted by Crippen LogP contribution is -2.55. The fraction of sp³-hybridized carbons (Fsp3) is 1.00. The number of hydrogen-bond acceptors (Lipinski definition) is 5. The molecular formula is C8H15NO4. The van der Waals surface area contributed by atoms with Crippen LogP contribution in [0.3, 0.4) is 0 Å². The zero-order valence-electron chi connectivity index (χ0n) is 7.66. The Labute approximate surface area is 77.0 Å². The highest BCUT2D eigenvalue weighted by atomic mass is 16.7. The van der Waals surface area contributed by atoms with Crippen LogP contribution in [0, 0.1) is 0 Å². The van der Waals surface area contributed by atoms with E-state index in [4.69, 9.17) is 14.2 Å². The minimum Gasteiger partial charge on any atom is -0.377 e. The fourth-order valence-electron chi connectivity index (χ4n) is 1.63. The topological polar surface area (TPSA) is 63.2 Å². The largest absolute Gasteiger partial charge is 0.377 e. The second kappa shape index (κ2) is 3.51. The van der Waals surface area contributed by atoms with Crippen molar-refractivity contribution < 1.29 is 19.3 Å². The highest BCUT2D eigenvalue weighted by Gasteiger charge is 2.54. The van der Waals surface area contributed by atoms with E-state index in [-0.39, 0.29) is 11.6 Å². The van der Waals surface area contributed by atoms with Crippen LogP contribution in [0.25, 0.3) is 0 Å². The third-order valence-electron chi connectivity index (χ3n) is 2.60. The third kappa shape index (κ3) is 1.70. The number of likely N-dealkylation sites (N-methyl/N-ethyl adjacent to an activating group) is 1. The number of epoxide rings is 1. The van der Waals surface area contributed by atoms with Gasteiger partial charge in [0.15, 0.2) is 6.29 Å². The van der Waals surface area contributed by atoms with Gasteiger partial charge in [-0.3, -0.25) is 0 Å². The third-order valence-corrected chi connectivity index (χ3v) is 2.60. The molecule has 2 heterocycles. The molecular weight excluding hydrogens is 174 g/mol. The van der Waals surface area contributed by atoms with Gasteiger partial charge >= 0.3 is 0 Å². The van der Waals surface area contributed by atoms with Crippen molar-refractivity contribution in [1.29, 1.82) is 0 Å². The number of nitrogens with one attached hydrogen (secondary N) is 1. The first kappa shape index (κ1) is 9.36. The van der Waals surface area contributed by atoms with E-state index < -0.39 is 6.29 Å². The van der Waals surface area contributed by atoms with Crippen LogP contribution in [-0.2, 0) is 14.2 Å². The smallest absolute Gasteiger partial charge is 0.183 e. The van der Waals surface area contributed by atoms with Gasteiger partial charge in [0.2, 0.25) is 0 Å². The first-order valence-corrected chi connectivity index (χ1v) is 4.46. The predicted molar refractivity (Wildman–Crippen MR) is 44.3 cm³/mol. The maximum absolute atomic E-state index is 9.19. The molecule has 2 fully saturated rings. The van der Waals surface area contributed by atoms with Crippen molar-refractivity contribution in [2.75, 3.05) is 33.5 Å². The Morgan fingerprint density at radius 2 is 1.85 bits per heavy atom. The molecule has 0 radical (unpaired) electrons. The zero-order chi connectivity index (χ0) is 9.31. The summed E-state index contributed by atoms with van der Waals surface area (Å²) in [6.07, 6.45) is -0.867. The molecule has 2 saturated heterocycles. The number of rotatable bonds is 2. The molecule has 0 aromatic carbocycles. The lowest BCUT2D eigenvalue weighted by Gasteiger charge is -2.28. The summed E-state index contributed by atoms with van der Waals surface area (Å²) in [7, 11) is 1.83. The van der Waals surface area contributed by atoms with Gasteiger partial charge in [-0.2, -0.15) is 0 Å². The van der Waals surface area contributed by atoms with Crippen LogP contribution < -0.4 is 5.32 Å². The second-order valence-corrected chi connectivity index (χ2v) is 3.46. The van der Waals surface area contributed by atoms with Crippen molar-refractivity contribution >= 4 is 0 Å². The zero-order valence-corrected chi connectivity index (χ0v) is 7.66. The van der Waals surface area contributed by atoms with Gasteiger partial charge in [-0.05, 0) is 7.05 Å². The maximum Gasteiger partial charge on any atom is 0.183 e. The van der Waals surface area contributed by atoms with Crippen LogP contribution >= 0.6 is 0 Å². The molecule has 0 aliphatic carbocycles. The Hall–Kier alpha value is -0.200. The maximum atomic E-state index is 9.19. The SMILES string of the molecule is CNC1(C2OC2O)COCCOC1. The molecule has 0 aromatic rings. The molecule has 0 amide bonds. The number of aliphatic hydroxyl groups excluding tert-OH is 1. The Bertz CT molecular complexity index is 179. The van der Waals surface area contributed by atoms with Gasteiger partial charge in [-0.15, -0.1) is 0 Å². The minimum atomic E-state index is -0.669. The summed E-state index contributed by atoms with van der Waals surface area (Å²) in [5, 5.41) is 12.3. The quantitative estimate of drug-likeness (QED) is 0.529. The molecule has 2 atom stereocenters. The van der Waals surface area contributed by atoms with Gasteiger partial charge in [-0.25, -0.2) is 0 Å².